The third-order valence-corrected chi connectivity index (χ3v) is 36.8. The van der Waals surface area contributed by atoms with Crippen LogP contribution in [0.15, 0.2) is 157 Å². The number of halogens is 2. The number of benzene rings is 8. The second-order valence-electron chi connectivity index (χ2n) is 17.6. The summed E-state index contributed by atoms with van der Waals surface area (Å²) >= 11 is -3.30. The van der Waals surface area contributed by atoms with Crippen molar-refractivity contribution in [3.8, 4) is 22.3 Å². The maximum atomic E-state index is 2.74. The summed E-state index contributed by atoms with van der Waals surface area (Å²) in [5, 5.41) is 10.8. The molecular weight excluding hydrogens is 934 g/mol. The zero-order chi connectivity index (χ0) is 38.8. The van der Waals surface area contributed by atoms with Crippen molar-refractivity contribution in [2.75, 3.05) is 0 Å². The molecule has 1 aliphatic heterocycles. The molecule has 3 aliphatic rings. The number of allylic oxidation sites excluding steroid dienone is 2. The SMILES string of the molecule is CCCCC1=Cc2c(-c3c4ccccc4cc4ccccc34)cccc2[CH]1[Hf+2]1([CH]2C(CCCC)=Cc3c(-c4c5ccccc5cc5ccccc45)cccc32)[CH2]C[CH2]1.[Cl-].[Cl-]. The Kier molecular flexibility index (Phi) is 11.6. The Hall–Kier alpha value is -4.27. The molecule has 1 fully saturated rings. The van der Waals surface area contributed by atoms with Gasteiger partial charge < -0.3 is 24.8 Å². The zero-order valence-electron chi connectivity index (χ0n) is 34.8. The molecule has 3 heteroatoms. The summed E-state index contributed by atoms with van der Waals surface area (Å²) in [6.07, 6.45) is 14.4. The van der Waals surface area contributed by atoms with E-state index in [4.69, 9.17) is 0 Å². The van der Waals surface area contributed by atoms with E-state index in [0.717, 1.165) is 0 Å². The van der Waals surface area contributed by atoms with Crippen molar-refractivity contribution in [2.24, 2.45) is 0 Å². The zero-order valence-corrected chi connectivity index (χ0v) is 39.9. The Bertz CT molecular complexity index is 2680. The first-order chi connectivity index (χ1) is 28.7. The Morgan fingerprint density at radius 2 is 0.817 bits per heavy atom. The number of fused-ring (bicyclic) bond motifs is 6. The van der Waals surface area contributed by atoms with Crippen LogP contribution in [0.2, 0.25) is 8.35 Å². The molecule has 0 amide bonds. The maximum absolute atomic E-state index is 3.30. The number of hydrogen-bond donors (Lipinski definition) is 0. The van der Waals surface area contributed by atoms with Crippen LogP contribution in [0.4, 0.5) is 0 Å². The van der Waals surface area contributed by atoms with Crippen molar-refractivity contribution >= 4 is 55.2 Å². The normalized spacial score (nSPS) is 16.9. The summed E-state index contributed by atoms with van der Waals surface area (Å²) < 4.78 is 4.26. The van der Waals surface area contributed by atoms with E-state index in [1.165, 1.54) is 130 Å². The molecule has 0 N–H and O–H groups in total. The van der Waals surface area contributed by atoms with Gasteiger partial charge in [0.2, 0.25) is 0 Å². The van der Waals surface area contributed by atoms with Crippen molar-refractivity contribution in [1.29, 1.82) is 0 Å². The van der Waals surface area contributed by atoms with Gasteiger partial charge in [-0.2, -0.15) is 0 Å². The van der Waals surface area contributed by atoms with Gasteiger partial charge in [-0.25, -0.2) is 0 Å². The molecule has 0 radical (unpaired) electrons. The Labute approximate surface area is 373 Å². The molecule has 0 spiro atoms. The van der Waals surface area contributed by atoms with Gasteiger partial charge >= 0.3 is 351 Å². The average molecular weight is 986 g/mol. The van der Waals surface area contributed by atoms with Crippen molar-refractivity contribution in [1.82, 2.24) is 0 Å². The van der Waals surface area contributed by atoms with Crippen LogP contribution in [0.1, 0.15) is 88.4 Å². The van der Waals surface area contributed by atoms with Gasteiger partial charge in [-0.1, -0.05) is 0 Å². The number of hydrogen-bond acceptors (Lipinski definition) is 0. The largest absolute Gasteiger partial charge is 1.00 e. The van der Waals surface area contributed by atoms with Gasteiger partial charge in [0.15, 0.2) is 0 Å². The van der Waals surface area contributed by atoms with Crippen LogP contribution in [-0.2, 0) is 20.0 Å². The van der Waals surface area contributed by atoms with Gasteiger partial charge in [-0.15, -0.1) is 0 Å². The maximum Gasteiger partial charge on any atom is -1.00 e. The van der Waals surface area contributed by atoms with Gasteiger partial charge in [0.05, 0.1) is 0 Å². The fraction of sp³-hybridized carbons (Fsp3) is 0.228. The van der Waals surface area contributed by atoms with E-state index in [1.54, 1.807) is 22.3 Å². The van der Waals surface area contributed by atoms with Crippen molar-refractivity contribution in [3.63, 3.8) is 0 Å². The van der Waals surface area contributed by atoms with Crippen LogP contribution in [0.25, 0.3) is 77.5 Å². The van der Waals surface area contributed by atoms with E-state index in [1.807, 2.05) is 0 Å². The van der Waals surface area contributed by atoms with E-state index in [2.05, 4.69) is 172 Å². The molecule has 8 aromatic carbocycles. The standard InChI is InChI=1S/2C27H23.C3H6.2ClH.Hf/c2*1-2-3-9-19-16-20-12-8-15-25(26(20)17-19)27-23-13-6-4-10-21(23)18-22-11-5-7-14-24(22)27;1-3-2;;;/h2*4-8,10-18H,2-3,9H2,1H3;1-3H2;2*1H;/q;;;;;+2/p-2. The number of unbranched alkanes of at least 4 members (excludes halogenated alkanes) is 2. The molecule has 0 aromatic heterocycles. The Morgan fingerprint density at radius 3 is 1.15 bits per heavy atom. The second kappa shape index (κ2) is 16.9. The third-order valence-electron chi connectivity index (χ3n) is 14.5. The molecule has 1 heterocycles. The van der Waals surface area contributed by atoms with Crippen LogP contribution < -0.4 is 24.8 Å². The molecule has 1 saturated heterocycles. The van der Waals surface area contributed by atoms with Gasteiger partial charge in [0.25, 0.3) is 0 Å². The molecule has 11 rings (SSSR count). The minimum Gasteiger partial charge on any atom is -1.00 e. The van der Waals surface area contributed by atoms with Crippen LogP contribution in [0.3, 0.4) is 0 Å². The van der Waals surface area contributed by atoms with Crippen LogP contribution in [-0.4, -0.2) is 0 Å². The topological polar surface area (TPSA) is 0 Å². The van der Waals surface area contributed by atoms with Crippen LogP contribution in [0, 0.1) is 0 Å². The van der Waals surface area contributed by atoms with E-state index < -0.39 is 20.0 Å². The molecule has 0 saturated carbocycles. The monoisotopic (exact) mass is 986 g/mol. The quantitative estimate of drug-likeness (QED) is 0.0946. The van der Waals surface area contributed by atoms with Gasteiger partial charge in [-0.3, -0.25) is 0 Å². The first kappa shape index (κ1) is 41.1. The van der Waals surface area contributed by atoms with Gasteiger partial charge in [0.1, 0.15) is 0 Å². The summed E-state index contributed by atoms with van der Waals surface area (Å²) in [5.74, 6) is 0. The fourth-order valence-corrected chi connectivity index (χ4v) is 34.6. The summed E-state index contributed by atoms with van der Waals surface area (Å²) in [6, 6.07) is 56.0. The van der Waals surface area contributed by atoms with E-state index in [-0.39, 0.29) is 24.8 Å². The minimum absolute atomic E-state index is 0. The third kappa shape index (κ3) is 6.49. The van der Waals surface area contributed by atoms with Crippen molar-refractivity contribution < 1.29 is 44.8 Å². The smallest absolute Gasteiger partial charge is 1.00 e. The van der Waals surface area contributed by atoms with Crippen LogP contribution in [0.5, 0.6) is 0 Å². The fourth-order valence-electron chi connectivity index (χ4n) is 11.9. The van der Waals surface area contributed by atoms with Gasteiger partial charge in [0, 0.05) is 0 Å². The molecule has 298 valence electrons. The summed E-state index contributed by atoms with van der Waals surface area (Å²) in [4.78, 5) is 0. The average Bonchev–Trinajstić information content (AvgIpc) is 3.82. The van der Waals surface area contributed by atoms with E-state index in [9.17, 15) is 0 Å². The molecule has 0 bridgehead atoms. The molecule has 0 nitrogen and oxygen atoms in total. The summed E-state index contributed by atoms with van der Waals surface area (Å²) in [5.41, 5.74) is 15.6. The Morgan fingerprint density at radius 1 is 0.450 bits per heavy atom. The predicted octanol–water partition coefficient (Wildman–Crippen LogP) is 11.0. The van der Waals surface area contributed by atoms with Crippen molar-refractivity contribution in [3.05, 3.63) is 179 Å². The van der Waals surface area contributed by atoms with Crippen molar-refractivity contribution in [2.45, 2.75) is 74.5 Å². The Balaban J connectivity index is 0.00000231. The first-order valence-corrected chi connectivity index (χ1v) is 31.4. The van der Waals surface area contributed by atoms with E-state index in [0.29, 0.717) is 7.35 Å². The minimum atomic E-state index is -3.30. The van der Waals surface area contributed by atoms with Gasteiger partial charge in [-0.05, 0) is 0 Å². The molecule has 60 heavy (non-hydrogen) atoms. The molecular formula is C57H52Cl2Hf. The first-order valence-electron chi connectivity index (χ1n) is 22.2. The summed E-state index contributed by atoms with van der Waals surface area (Å²) in [7, 11) is 0. The van der Waals surface area contributed by atoms with Crippen LogP contribution >= 0.6 is 0 Å². The number of rotatable bonds is 10. The predicted molar refractivity (Wildman–Crippen MR) is 248 cm³/mol. The van der Waals surface area contributed by atoms with E-state index >= 15 is 0 Å². The molecule has 2 aliphatic carbocycles. The second-order valence-corrected chi connectivity index (χ2v) is 34.2. The summed E-state index contributed by atoms with van der Waals surface area (Å²) in [6.45, 7) is 4.76. The molecule has 2 atom stereocenters. The molecule has 2 unspecified atom stereocenters. The molecule has 8 aromatic rings.